The summed E-state index contributed by atoms with van der Waals surface area (Å²) in [6, 6.07) is 3.84. The van der Waals surface area contributed by atoms with Gasteiger partial charge in [-0.25, -0.2) is 0 Å². The molecule has 0 fully saturated rings. The van der Waals surface area contributed by atoms with Crippen LogP contribution in [0.5, 0.6) is 0 Å². The molecule has 0 radical (unpaired) electrons. The van der Waals surface area contributed by atoms with Crippen molar-refractivity contribution in [1.29, 1.82) is 10.5 Å². The third-order valence-electron chi connectivity index (χ3n) is 1.25. The minimum absolute atomic E-state index is 0.0818. The minimum atomic E-state index is -0.0818. The van der Waals surface area contributed by atoms with E-state index in [4.69, 9.17) is 10.5 Å². The fraction of sp³-hybridized carbons (Fsp3) is 0.286. The molecule has 1 rings (SSSR count). The highest BCUT2D eigenvalue weighted by Crippen LogP contribution is 2.20. The first-order valence-electron chi connectivity index (χ1n) is 2.88. The molecule has 0 unspecified atom stereocenters. The van der Waals surface area contributed by atoms with Gasteiger partial charge < -0.3 is 0 Å². The van der Waals surface area contributed by atoms with E-state index < -0.39 is 0 Å². The zero-order chi connectivity index (χ0) is 7.40. The largest absolute Gasteiger partial charge is 0.191 e. The summed E-state index contributed by atoms with van der Waals surface area (Å²) in [6.45, 7) is 0. The van der Waals surface area contributed by atoms with Crippen LogP contribution < -0.4 is 0 Å². The Labute approximate surface area is 62.3 Å². The maximum absolute atomic E-state index is 8.46. The molecule has 0 aromatic heterocycles. The second kappa shape index (κ2) is 3.20. The van der Waals surface area contributed by atoms with Gasteiger partial charge >= 0.3 is 0 Å². The molecular formula is C7H6N2S. The Hall–Kier alpha value is -1.06. The average molecular weight is 150 g/mol. The number of hydrogen-bond donors (Lipinski definition) is 0. The van der Waals surface area contributed by atoms with Gasteiger partial charge in [-0.1, -0.05) is 12.2 Å². The molecule has 1 aliphatic heterocycles. The van der Waals surface area contributed by atoms with Gasteiger partial charge in [0.15, 0.2) is 4.86 Å². The average Bonchev–Trinajstić information content (AvgIpc) is 2.43. The Kier molecular flexibility index (Phi) is 2.25. The van der Waals surface area contributed by atoms with Crippen molar-refractivity contribution >= 4 is 15.3 Å². The van der Waals surface area contributed by atoms with Crippen LogP contribution in [-0.4, -0.2) is 16.4 Å². The molecule has 50 valence electrons. The standard InChI is InChI=1S/C7H6N2S/c8-5-7(6-9)10-3-1-2-4-10/h1-2H,3-4H2. The quantitative estimate of drug-likeness (QED) is 0.382. The van der Waals surface area contributed by atoms with E-state index in [1.165, 1.54) is 0 Å². The highest BCUT2D eigenvalue weighted by Gasteiger charge is 2.04. The lowest BCUT2D eigenvalue weighted by Gasteiger charge is -1.93. The van der Waals surface area contributed by atoms with Crippen molar-refractivity contribution in [1.82, 2.24) is 0 Å². The van der Waals surface area contributed by atoms with Crippen molar-refractivity contribution in [2.24, 2.45) is 0 Å². The highest BCUT2D eigenvalue weighted by molar-refractivity contribution is 8.17. The minimum Gasteiger partial charge on any atom is -0.191 e. The molecule has 10 heavy (non-hydrogen) atoms. The fourth-order valence-corrected chi connectivity index (χ4v) is 2.22. The third-order valence-corrected chi connectivity index (χ3v) is 3.20. The van der Waals surface area contributed by atoms with Crippen LogP contribution in [0.1, 0.15) is 0 Å². The van der Waals surface area contributed by atoms with Gasteiger partial charge in [0, 0.05) is 11.5 Å². The summed E-state index contributed by atoms with van der Waals surface area (Å²) < 4.78 is 0. The van der Waals surface area contributed by atoms with Gasteiger partial charge in [0.25, 0.3) is 0 Å². The van der Waals surface area contributed by atoms with Crippen LogP contribution in [0.3, 0.4) is 0 Å². The highest BCUT2D eigenvalue weighted by atomic mass is 32.2. The van der Waals surface area contributed by atoms with Crippen molar-refractivity contribution in [2.45, 2.75) is 0 Å². The first-order valence-corrected chi connectivity index (χ1v) is 4.44. The summed E-state index contributed by atoms with van der Waals surface area (Å²) in [4.78, 5) is 0.394. The van der Waals surface area contributed by atoms with Crippen LogP contribution in [0.2, 0.25) is 0 Å². The third kappa shape index (κ3) is 1.26. The first kappa shape index (κ1) is 7.05. The lowest BCUT2D eigenvalue weighted by molar-refractivity contribution is 1.54. The Morgan fingerprint density at radius 2 is 1.70 bits per heavy atom. The van der Waals surface area contributed by atoms with Crippen molar-refractivity contribution in [3.8, 4) is 12.1 Å². The second-order valence-electron chi connectivity index (χ2n) is 1.85. The Balaban J connectivity index is 2.88. The fourth-order valence-electron chi connectivity index (χ4n) is 0.757. The summed E-state index contributed by atoms with van der Waals surface area (Å²) in [7, 11) is -0.0818. The summed E-state index contributed by atoms with van der Waals surface area (Å²) in [6.07, 6.45) is 4.05. The molecule has 0 amide bonds. The number of nitriles is 2. The molecule has 0 saturated heterocycles. The lowest BCUT2D eigenvalue weighted by Crippen LogP contribution is -1.90. The molecule has 0 N–H and O–H groups in total. The molecule has 0 saturated carbocycles. The molecule has 0 aliphatic carbocycles. The maximum atomic E-state index is 8.46. The Bertz CT molecular complexity index is 249. The predicted octanol–water partition coefficient (Wildman–Crippen LogP) is 1.04. The van der Waals surface area contributed by atoms with E-state index in [2.05, 4.69) is 0 Å². The normalized spacial score (nSPS) is 16.2. The van der Waals surface area contributed by atoms with E-state index in [-0.39, 0.29) is 10.5 Å². The number of nitrogens with zero attached hydrogens (tertiary/aromatic N) is 2. The topological polar surface area (TPSA) is 47.6 Å². The molecule has 0 atom stereocenters. The zero-order valence-electron chi connectivity index (χ0n) is 5.37. The smallest absolute Gasteiger partial charge is 0.154 e. The van der Waals surface area contributed by atoms with Crippen molar-refractivity contribution in [3.63, 3.8) is 0 Å². The van der Waals surface area contributed by atoms with Gasteiger partial charge in [0.2, 0.25) is 0 Å². The van der Waals surface area contributed by atoms with Crippen LogP contribution in [-0.2, 0) is 0 Å². The molecule has 2 nitrogen and oxygen atoms in total. The molecule has 3 heteroatoms. The van der Waals surface area contributed by atoms with E-state index in [9.17, 15) is 0 Å². The summed E-state index contributed by atoms with van der Waals surface area (Å²) in [5.74, 6) is 1.77. The van der Waals surface area contributed by atoms with Gasteiger partial charge in [0.05, 0.1) is 0 Å². The number of rotatable bonds is 0. The predicted molar refractivity (Wildman–Crippen MR) is 42.7 cm³/mol. The molecule has 0 aromatic rings. The monoisotopic (exact) mass is 150 g/mol. The SMILES string of the molecule is N#CC(C#N)=S1CC=CC1. The first-order chi connectivity index (χ1) is 4.88. The van der Waals surface area contributed by atoms with Crippen molar-refractivity contribution < 1.29 is 0 Å². The molecule has 0 bridgehead atoms. The van der Waals surface area contributed by atoms with Crippen LogP contribution in [0.25, 0.3) is 0 Å². The molecule has 0 aromatic carbocycles. The summed E-state index contributed by atoms with van der Waals surface area (Å²) in [5.41, 5.74) is 0. The molecule has 0 spiro atoms. The van der Waals surface area contributed by atoms with E-state index in [0.29, 0.717) is 4.86 Å². The van der Waals surface area contributed by atoms with Gasteiger partial charge in [-0.2, -0.15) is 21.0 Å². The second-order valence-corrected chi connectivity index (χ2v) is 3.91. The zero-order valence-corrected chi connectivity index (χ0v) is 6.19. The van der Waals surface area contributed by atoms with E-state index in [1.54, 1.807) is 0 Å². The van der Waals surface area contributed by atoms with Crippen molar-refractivity contribution in [2.75, 3.05) is 11.5 Å². The lowest BCUT2D eigenvalue weighted by atomic mass is 10.5. The van der Waals surface area contributed by atoms with E-state index >= 15 is 0 Å². The van der Waals surface area contributed by atoms with Crippen molar-refractivity contribution in [3.05, 3.63) is 12.2 Å². The number of hydrogen-bond acceptors (Lipinski definition) is 2. The Morgan fingerprint density at radius 1 is 1.20 bits per heavy atom. The molecule has 1 heterocycles. The van der Waals surface area contributed by atoms with E-state index in [0.717, 1.165) is 11.5 Å². The summed E-state index contributed by atoms with van der Waals surface area (Å²) >= 11 is 0. The van der Waals surface area contributed by atoms with Gasteiger partial charge in [-0.3, -0.25) is 0 Å². The van der Waals surface area contributed by atoms with Gasteiger partial charge in [0.1, 0.15) is 12.1 Å². The van der Waals surface area contributed by atoms with Gasteiger partial charge in [-0.15, -0.1) is 0 Å². The maximum Gasteiger partial charge on any atom is 0.154 e. The van der Waals surface area contributed by atoms with Crippen LogP contribution in [0, 0.1) is 22.7 Å². The molecule has 1 aliphatic rings. The van der Waals surface area contributed by atoms with E-state index in [1.807, 2.05) is 24.3 Å². The van der Waals surface area contributed by atoms with Crippen LogP contribution in [0.4, 0.5) is 0 Å². The summed E-state index contributed by atoms with van der Waals surface area (Å²) in [5, 5.41) is 16.9. The van der Waals surface area contributed by atoms with Crippen LogP contribution in [0.15, 0.2) is 12.2 Å². The Morgan fingerprint density at radius 3 is 2.10 bits per heavy atom. The van der Waals surface area contributed by atoms with Gasteiger partial charge in [-0.05, 0) is 0 Å². The molecular weight excluding hydrogens is 144 g/mol. The van der Waals surface area contributed by atoms with Crippen LogP contribution >= 0.6 is 10.5 Å².